The fraction of sp³-hybridized carbons (Fsp3) is 0.435. The van der Waals surface area contributed by atoms with Crippen molar-refractivity contribution >= 4 is 15.9 Å². The third-order valence-electron chi connectivity index (χ3n) is 5.23. The van der Waals surface area contributed by atoms with Crippen molar-refractivity contribution in [3.8, 4) is 5.75 Å². The van der Waals surface area contributed by atoms with Gasteiger partial charge in [-0.3, -0.25) is 4.79 Å². The molecule has 162 valence electrons. The normalized spacial score (nSPS) is 15.0. The molecule has 1 saturated heterocycles. The van der Waals surface area contributed by atoms with Gasteiger partial charge >= 0.3 is 0 Å². The van der Waals surface area contributed by atoms with Crippen LogP contribution >= 0.6 is 0 Å². The minimum absolute atomic E-state index is 0.0119. The van der Waals surface area contributed by atoms with E-state index in [4.69, 9.17) is 4.74 Å². The number of piperidine rings is 1. The first-order valence-corrected chi connectivity index (χ1v) is 11.9. The van der Waals surface area contributed by atoms with Crippen molar-refractivity contribution in [2.75, 3.05) is 26.2 Å². The predicted octanol–water partition coefficient (Wildman–Crippen LogP) is 3.30. The Hall–Kier alpha value is -2.38. The second-order valence-corrected chi connectivity index (χ2v) is 9.56. The Balaban J connectivity index is 1.38. The van der Waals surface area contributed by atoms with E-state index in [9.17, 15) is 13.2 Å². The molecule has 2 aromatic carbocycles. The Labute approximate surface area is 179 Å². The summed E-state index contributed by atoms with van der Waals surface area (Å²) in [5.41, 5.74) is 2.35. The lowest BCUT2D eigenvalue weighted by molar-refractivity contribution is -0.121. The molecule has 0 unspecified atom stereocenters. The maximum Gasteiger partial charge on any atom is 0.243 e. The summed E-state index contributed by atoms with van der Waals surface area (Å²) in [4.78, 5) is 12.3. The van der Waals surface area contributed by atoms with E-state index in [1.807, 2.05) is 31.2 Å². The predicted molar refractivity (Wildman–Crippen MR) is 117 cm³/mol. The van der Waals surface area contributed by atoms with E-state index >= 15 is 0 Å². The van der Waals surface area contributed by atoms with Crippen molar-refractivity contribution < 1.29 is 17.9 Å². The zero-order valence-electron chi connectivity index (χ0n) is 17.5. The van der Waals surface area contributed by atoms with Crippen LogP contribution in [0.1, 0.15) is 36.8 Å². The monoisotopic (exact) mass is 430 g/mol. The van der Waals surface area contributed by atoms with Crippen LogP contribution in [0.2, 0.25) is 0 Å². The van der Waals surface area contributed by atoms with Gasteiger partial charge in [-0.15, -0.1) is 0 Å². The standard InChI is InChI=1S/C23H30N2O4S/c1-19-5-7-20(8-6-19)9-14-23(26)24-15-18-29-21-10-12-22(13-11-21)30(27,28)25-16-3-2-4-17-25/h5-8,10-13H,2-4,9,14-18H2,1H3,(H,24,26). The number of aryl methyl sites for hydroxylation is 2. The van der Waals surface area contributed by atoms with Gasteiger partial charge in [0.15, 0.2) is 0 Å². The van der Waals surface area contributed by atoms with E-state index in [0.29, 0.717) is 49.7 Å². The molecule has 1 amide bonds. The molecule has 0 aliphatic carbocycles. The van der Waals surface area contributed by atoms with E-state index < -0.39 is 10.0 Å². The van der Waals surface area contributed by atoms with Gasteiger partial charge in [-0.1, -0.05) is 36.2 Å². The lowest BCUT2D eigenvalue weighted by Crippen LogP contribution is -2.35. The SMILES string of the molecule is Cc1ccc(CCC(=O)NCCOc2ccc(S(=O)(=O)N3CCCCC3)cc2)cc1. The Morgan fingerprint density at radius 1 is 1.00 bits per heavy atom. The molecule has 0 radical (unpaired) electrons. The zero-order chi connectivity index (χ0) is 21.4. The first-order valence-electron chi connectivity index (χ1n) is 10.5. The van der Waals surface area contributed by atoms with E-state index in [0.717, 1.165) is 24.8 Å². The van der Waals surface area contributed by atoms with Crippen LogP contribution < -0.4 is 10.1 Å². The summed E-state index contributed by atoms with van der Waals surface area (Å²) in [5, 5.41) is 2.85. The van der Waals surface area contributed by atoms with Gasteiger partial charge in [-0.05, 0) is 56.0 Å². The number of rotatable bonds is 9. The minimum Gasteiger partial charge on any atom is -0.492 e. The summed E-state index contributed by atoms with van der Waals surface area (Å²) in [5.74, 6) is 0.573. The average Bonchev–Trinajstić information content (AvgIpc) is 2.77. The highest BCUT2D eigenvalue weighted by atomic mass is 32.2. The summed E-state index contributed by atoms with van der Waals surface area (Å²) in [7, 11) is -3.43. The molecule has 3 rings (SSSR count). The van der Waals surface area contributed by atoms with Crippen molar-refractivity contribution in [2.45, 2.75) is 43.9 Å². The molecule has 0 atom stereocenters. The van der Waals surface area contributed by atoms with Crippen LogP contribution in [0.5, 0.6) is 5.75 Å². The maximum absolute atomic E-state index is 12.7. The van der Waals surface area contributed by atoms with E-state index in [2.05, 4.69) is 5.32 Å². The molecular formula is C23H30N2O4S. The number of nitrogens with zero attached hydrogens (tertiary/aromatic N) is 1. The van der Waals surface area contributed by atoms with Crippen molar-refractivity contribution in [1.82, 2.24) is 9.62 Å². The summed E-state index contributed by atoms with van der Waals surface area (Å²) >= 11 is 0. The molecule has 0 spiro atoms. The number of hydrogen-bond acceptors (Lipinski definition) is 4. The van der Waals surface area contributed by atoms with Gasteiger partial charge in [0.1, 0.15) is 12.4 Å². The molecule has 1 N–H and O–H groups in total. The fourth-order valence-electron chi connectivity index (χ4n) is 3.42. The quantitative estimate of drug-likeness (QED) is 0.620. The molecule has 30 heavy (non-hydrogen) atoms. The average molecular weight is 431 g/mol. The van der Waals surface area contributed by atoms with Gasteiger partial charge in [0.25, 0.3) is 0 Å². The molecule has 0 bridgehead atoms. The topological polar surface area (TPSA) is 75.7 Å². The Morgan fingerprint density at radius 3 is 2.33 bits per heavy atom. The van der Waals surface area contributed by atoms with Crippen molar-refractivity contribution in [3.63, 3.8) is 0 Å². The van der Waals surface area contributed by atoms with Crippen LogP contribution in [0.4, 0.5) is 0 Å². The number of carbonyl (C=O) groups excluding carboxylic acids is 1. The Bertz CT molecular complexity index is 919. The first kappa shape index (κ1) is 22.3. The number of hydrogen-bond donors (Lipinski definition) is 1. The van der Waals surface area contributed by atoms with Gasteiger partial charge in [0.2, 0.25) is 15.9 Å². The molecule has 1 aliphatic heterocycles. The van der Waals surface area contributed by atoms with E-state index in [1.165, 1.54) is 5.56 Å². The molecule has 1 heterocycles. The Morgan fingerprint density at radius 2 is 1.67 bits per heavy atom. The highest BCUT2D eigenvalue weighted by Gasteiger charge is 2.25. The third-order valence-corrected chi connectivity index (χ3v) is 7.14. The van der Waals surface area contributed by atoms with Gasteiger partial charge in [0, 0.05) is 19.5 Å². The minimum atomic E-state index is -3.43. The largest absolute Gasteiger partial charge is 0.492 e. The van der Waals surface area contributed by atoms with Crippen LogP contribution in [-0.4, -0.2) is 44.9 Å². The van der Waals surface area contributed by atoms with Crippen LogP contribution in [-0.2, 0) is 21.2 Å². The number of carbonyl (C=O) groups is 1. The Kier molecular flexibility index (Phi) is 7.87. The second-order valence-electron chi connectivity index (χ2n) is 7.62. The molecule has 1 fully saturated rings. The summed E-state index contributed by atoms with van der Waals surface area (Å²) in [6.45, 7) is 3.95. The first-order chi connectivity index (χ1) is 14.4. The fourth-order valence-corrected chi connectivity index (χ4v) is 4.94. The second kappa shape index (κ2) is 10.6. The maximum atomic E-state index is 12.7. The third kappa shape index (κ3) is 6.31. The summed E-state index contributed by atoms with van der Waals surface area (Å²) in [6, 6.07) is 14.7. The number of ether oxygens (including phenoxy) is 1. The highest BCUT2D eigenvalue weighted by molar-refractivity contribution is 7.89. The van der Waals surface area contributed by atoms with Crippen molar-refractivity contribution in [2.24, 2.45) is 0 Å². The molecule has 1 aliphatic rings. The number of amides is 1. The van der Waals surface area contributed by atoms with Crippen LogP contribution in [0, 0.1) is 6.92 Å². The van der Waals surface area contributed by atoms with Gasteiger partial charge in [0.05, 0.1) is 11.4 Å². The van der Waals surface area contributed by atoms with E-state index in [-0.39, 0.29) is 5.91 Å². The molecule has 0 aromatic heterocycles. The van der Waals surface area contributed by atoms with Crippen LogP contribution in [0.15, 0.2) is 53.4 Å². The van der Waals surface area contributed by atoms with Gasteiger partial charge < -0.3 is 10.1 Å². The lowest BCUT2D eigenvalue weighted by Gasteiger charge is -2.25. The smallest absolute Gasteiger partial charge is 0.243 e. The number of benzene rings is 2. The zero-order valence-corrected chi connectivity index (χ0v) is 18.3. The van der Waals surface area contributed by atoms with Gasteiger partial charge in [-0.25, -0.2) is 8.42 Å². The van der Waals surface area contributed by atoms with Crippen LogP contribution in [0.25, 0.3) is 0 Å². The van der Waals surface area contributed by atoms with Crippen molar-refractivity contribution in [1.29, 1.82) is 0 Å². The molecule has 2 aromatic rings. The summed E-state index contributed by atoms with van der Waals surface area (Å²) in [6.07, 6.45) is 4.06. The summed E-state index contributed by atoms with van der Waals surface area (Å²) < 4.78 is 32.5. The molecule has 0 saturated carbocycles. The van der Waals surface area contributed by atoms with Gasteiger partial charge in [-0.2, -0.15) is 4.31 Å². The number of sulfonamides is 1. The van der Waals surface area contributed by atoms with Crippen LogP contribution in [0.3, 0.4) is 0 Å². The highest BCUT2D eigenvalue weighted by Crippen LogP contribution is 2.22. The molecule has 7 heteroatoms. The van der Waals surface area contributed by atoms with Crippen molar-refractivity contribution in [3.05, 3.63) is 59.7 Å². The van der Waals surface area contributed by atoms with E-state index in [1.54, 1.807) is 28.6 Å². The number of nitrogens with one attached hydrogen (secondary N) is 1. The molecular weight excluding hydrogens is 400 g/mol. The molecule has 6 nitrogen and oxygen atoms in total. The lowest BCUT2D eigenvalue weighted by atomic mass is 10.1.